The summed E-state index contributed by atoms with van der Waals surface area (Å²) >= 11 is 0. The van der Waals surface area contributed by atoms with E-state index in [0.717, 1.165) is 38.4 Å². The molecular formula is C25H32F4N6O. The van der Waals surface area contributed by atoms with Crippen molar-refractivity contribution in [2.75, 3.05) is 45.1 Å². The van der Waals surface area contributed by atoms with Gasteiger partial charge in [-0.1, -0.05) is 13.8 Å². The first-order chi connectivity index (χ1) is 17.1. The minimum absolute atomic E-state index is 0.0861. The summed E-state index contributed by atoms with van der Waals surface area (Å²) in [4.78, 5) is 13.6. The maximum Gasteiger partial charge on any atom is 0.573 e. The molecule has 2 aromatic rings. The van der Waals surface area contributed by atoms with E-state index >= 15 is 0 Å². The molecule has 196 valence electrons. The van der Waals surface area contributed by atoms with E-state index in [1.807, 2.05) is 6.20 Å². The maximum atomic E-state index is 12.8. The largest absolute Gasteiger partial charge is 0.573 e. The van der Waals surface area contributed by atoms with Crippen molar-refractivity contribution in [2.24, 2.45) is 23.7 Å². The Hall–Kier alpha value is -2.40. The number of aromatic nitrogens is 3. The van der Waals surface area contributed by atoms with Gasteiger partial charge in [0.1, 0.15) is 12.5 Å². The predicted molar refractivity (Wildman–Crippen MR) is 126 cm³/mol. The summed E-state index contributed by atoms with van der Waals surface area (Å²) in [5, 5.41) is 0. The van der Waals surface area contributed by atoms with Crippen LogP contribution in [-0.2, 0) is 12.0 Å². The summed E-state index contributed by atoms with van der Waals surface area (Å²) in [6.45, 7) is 8.28. The molecule has 5 fully saturated rings. The molecule has 1 saturated heterocycles. The Morgan fingerprint density at radius 3 is 2.58 bits per heavy atom. The fourth-order valence-corrected chi connectivity index (χ4v) is 7.13. The van der Waals surface area contributed by atoms with Gasteiger partial charge in [0, 0.05) is 69.1 Å². The topological polar surface area (TPSA) is 72.4 Å². The zero-order chi connectivity index (χ0) is 25.4. The number of nitrogen functional groups attached to an aromatic ring is 1. The maximum absolute atomic E-state index is 12.8. The molecule has 2 N–H and O–H groups in total. The summed E-state index contributed by atoms with van der Waals surface area (Å²) in [5.74, 6) is 2.38. The van der Waals surface area contributed by atoms with Crippen molar-refractivity contribution in [3.8, 4) is 17.0 Å². The number of nitrogens with zero attached hydrogens (tertiary/aromatic N) is 5. The van der Waals surface area contributed by atoms with Gasteiger partial charge in [-0.3, -0.25) is 9.80 Å². The highest BCUT2D eigenvalue weighted by Gasteiger charge is 2.93. The van der Waals surface area contributed by atoms with Gasteiger partial charge in [-0.15, -0.1) is 13.2 Å². The van der Waals surface area contributed by atoms with Crippen LogP contribution >= 0.6 is 0 Å². The smallest absolute Gasteiger partial charge is 0.402 e. The average Bonchev–Trinajstić information content (AvgIpc) is 3.37. The SMILES string of the molecule is CC(C)Cc1nc(-c2cnc(N)c(OC(F)(F)F)c2)cn1[C@]12C3C(N4CCN(CCF)CC4)C[C@@H]1[C@H]32. The lowest BCUT2D eigenvalue weighted by atomic mass is 10.1. The Kier molecular flexibility index (Phi) is 5.53. The Morgan fingerprint density at radius 2 is 1.94 bits per heavy atom. The molecular weight excluding hydrogens is 476 g/mol. The number of pyridine rings is 1. The van der Waals surface area contributed by atoms with E-state index < -0.39 is 12.1 Å². The molecule has 5 aliphatic rings. The van der Waals surface area contributed by atoms with Crippen molar-refractivity contribution in [1.29, 1.82) is 0 Å². The van der Waals surface area contributed by atoms with Gasteiger partial charge < -0.3 is 15.0 Å². The van der Waals surface area contributed by atoms with Gasteiger partial charge in [0.25, 0.3) is 0 Å². The predicted octanol–water partition coefficient (Wildman–Crippen LogP) is 3.55. The number of anilines is 1. The van der Waals surface area contributed by atoms with Gasteiger partial charge in [0.2, 0.25) is 0 Å². The van der Waals surface area contributed by atoms with Crippen molar-refractivity contribution in [2.45, 2.75) is 44.6 Å². The third-order valence-electron chi connectivity index (χ3n) is 8.64. The quantitative estimate of drug-likeness (QED) is 0.550. The van der Waals surface area contributed by atoms with Crippen molar-refractivity contribution >= 4 is 5.82 Å². The summed E-state index contributed by atoms with van der Waals surface area (Å²) in [6.07, 6.45) is 0.551. The molecule has 0 amide bonds. The van der Waals surface area contributed by atoms with E-state index in [1.165, 1.54) is 18.7 Å². The van der Waals surface area contributed by atoms with Gasteiger partial charge in [-0.05, 0) is 30.2 Å². The number of ether oxygens (including phenoxy) is 1. The summed E-state index contributed by atoms with van der Waals surface area (Å²) < 4.78 is 57.6. The van der Waals surface area contributed by atoms with Crippen molar-refractivity contribution in [3.05, 3.63) is 24.3 Å². The first kappa shape index (κ1) is 24.0. The molecule has 3 heterocycles. The van der Waals surface area contributed by atoms with Crippen LogP contribution in [0.3, 0.4) is 0 Å². The Labute approximate surface area is 207 Å². The fraction of sp³-hybridized carbons (Fsp3) is 0.680. The number of alkyl halides is 4. The number of piperazine rings is 1. The zero-order valence-electron chi connectivity index (χ0n) is 20.5. The lowest BCUT2D eigenvalue weighted by Crippen LogP contribution is -2.50. The monoisotopic (exact) mass is 508 g/mol. The third-order valence-corrected chi connectivity index (χ3v) is 8.64. The van der Waals surface area contributed by atoms with E-state index in [-0.39, 0.29) is 18.0 Å². The summed E-state index contributed by atoms with van der Waals surface area (Å²) in [6, 6.07) is 1.81. The Bertz CT molecular complexity index is 1140. The number of hydrogen-bond donors (Lipinski definition) is 1. The molecule has 0 spiro atoms. The summed E-state index contributed by atoms with van der Waals surface area (Å²) in [7, 11) is 0. The Morgan fingerprint density at radius 1 is 1.19 bits per heavy atom. The van der Waals surface area contributed by atoms with Crippen LogP contribution in [0.2, 0.25) is 0 Å². The second-order valence-corrected chi connectivity index (χ2v) is 11.1. The molecule has 2 unspecified atom stereocenters. The van der Waals surface area contributed by atoms with Gasteiger partial charge in [-0.25, -0.2) is 14.4 Å². The van der Waals surface area contributed by atoms with E-state index in [1.54, 1.807) is 0 Å². The first-order valence-electron chi connectivity index (χ1n) is 12.8. The van der Waals surface area contributed by atoms with Crippen LogP contribution in [0.1, 0.15) is 26.1 Å². The van der Waals surface area contributed by atoms with Crippen LogP contribution in [0, 0.1) is 23.7 Å². The van der Waals surface area contributed by atoms with Gasteiger partial charge in [0.15, 0.2) is 11.6 Å². The summed E-state index contributed by atoms with van der Waals surface area (Å²) in [5.41, 5.74) is 6.76. The van der Waals surface area contributed by atoms with E-state index in [0.29, 0.717) is 47.5 Å². The standard InChI is InChI=1S/C25H32F4N6O/c1-14(2)9-20-32-17(15-10-19(23(30)31-12-15)36-25(27,28)29)13-35(20)24-16-11-18(22(24)21(16)24)34-7-5-33(4-3-26)6-8-34/h10,12-14,16,18,21-22H,3-9,11H2,1-2H3,(H2,30,31)/t16-,18?,21-,22?,24-/m1/s1. The molecule has 4 saturated carbocycles. The number of halogens is 4. The molecule has 5 atom stereocenters. The van der Waals surface area contributed by atoms with Gasteiger partial charge in [0.05, 0.1) is 11.2 Å². The van der Waals surface area contributed by atoms with Crippen molar-refractivity contribution in [3.63, 3.8) is 0 Å². The second-order valence-electron chi connectivity index (χ2n) is 11.1. The molecule has 0 radical (unpaired) electrons. The van der Waals surface area contributed by atoms with Crippen LogP contribution in [0.15, 0.2) is 18.5 Å². The highest BCUT2D eigenvalue weighted by Crippen LogP contribution is 2.89. The highest BCUT2D eigenvalue weighted by molar-refractivity contribution is 5.64. The van der Waals surface area contributed by atoms with E-state index in [2.05, 4.69) is 37.9 Å². The molecule has 7 rings (SSSR count). The molecule has 2 aromatic heterocycles. The van der Waals surface area contributed by atoms with E-state index in [9.17, 15) is 17.6 Å². The number of rotatable bonds is 8. The minimum Gasteiger partial charge on any atom is -0.402 e. The van der Waals surface area contributed by atoms with Gasteiger partial charge in [-0.2, -0.15) is 0 Å². The molecule has 11 heteroatoms. The lowest BCUT2D eigenvalue weighted by Gasteiger charge is -2.38. The number of hydrogen-bond acceptors (Lipinski definition) is 6. The minimum atomic E-state index is -4.85. The molecule has 1 aliphatic heterocycles. The van der Waals surface area contributed by atoms with Crippen LogP contribution in [0.25, 0.3) is 11.3 Å². The number of nitrogens with two attached hydrogens (primary N) is 1. The number of fused-ring (bicyclic) bond motifs is 1. The number of imidazole rings is 1. The van der Waals surface area contributed by atoms with Crippen LogP contribution < -0.4 is 10.5 Å². The average molecular weight is 509 g/mol. The van der Waals surface area contributed by atoms with E-state index in [4.69, 9.17) is 10.7 Å². The van der Waals surface area contributed by atoms with Crippen LogP contribution in [0.4, 0.5) is 23.4 Å². The van der Waals surface area contributed by atoms with Gasteiger partial charge >= 0.3 is 6.36 Å². The fourth-order valence-electron chi connectivity index (χ4n) is 7.13. The third kappa shape index (κ3) is 3.77. The lowest BCUT2D eigenvalue weighted by molar-refractivity contribution is -0.274. The first-order valence-corrected chi connectivity index (χ1v) is 12.8. The normalized spacial score (nSPS) is 31.6. The van der Waals surface area contributed by atoms with Crippen LogP contribution in [-0.4, -0.2) is 76.1 Å². The Balaban J connectivity index is 1.25. The molecule has 0 aromatic carbocycles. The molecule has 4 aliphatic carbocycles. The molecule has 7 nitrogen and oxygen atoms in total. The second kappa shape index (κ2) is 8.31. The molecule has 2 bridgehead atoms. The van der Waals surface area contributed by atoms with Crippen LogP contribution in [0.5, 0.6) is 5.75 Å². The zero-order valence-corrected chi connectivity index (χ0v) is 20.5. The van der Waals surface area contributed by atoms with Crippen molar-refractivity contribution in [1.82, 2.24) is 24.3 Å². The van der Waals surface area contributed by atoms with Crippen molar-refractivity contribution < 1.29 is 22.3 Å². The highest BCUT2D eigenvalue weighted by atomic mass is 19.4. The molecule has 36 heavy (non-hydrogen) atoms.